The first kappa shape index (κ1) is 15.9. The van der Waals surface area contributed by atoms with Gasteiger partial charge in [0, 0.05) is 44.1 Å². The maximum atomic E-state index is 5.40. The summed E-state index contributed by atoms with van der Waals surface area (Å²) in [6, 6.07) is 11.9. The molecule has 1 aliphatic heterocycles. The fourth-order valence-electron chi connectivity index (χ4n) is 2.92. The maximum absolute atomic E-state index is 5.40. The van der Waals surface area contributed by atoms with E-state index < -0.39 is 0 Å². The molecule has 4 rings (SSSR count). The van der Waals surface area contributed by atoms with Crippen LogP contribution in [0.5, 0.6) is 0 Å². The van der Waals surface area contributed by atoms with E-state index >= 15 is 0 Å². The summed E-state index contributed by atoms with van der Waals surface area (Å²) in [4.78, 5) is 17.7. The van der Waals surface area contributed by atoms with Gasteiger partial charge in [-0.05, 0) is 18.3 Å². The van der Waals surface area contributed by atoms with Crippen molar-refractivity contribution in [2.45, 2.75) is 6.67 Å². The zero-order chi connectivity index (χ0) is 17.1. The predicted molar refractivity (Wildman–Crippen MR) is 98.7 cm³/mol. The second-order valence-electron chi connectivity index (χ2n) is 5.94. The normalized spacial score (nSPS) is 15.4. The van der Waals surface area contributed by atoms with E-state index in [0.29, 0.717) is 11.4 Å². The number of anilines is 1. The lowest BCUT2D eigenvalue weighted by Gasteiger charge is -2.34. The molecule has 128 valence electrons. The minimum absolute atomic E-state index is 0.577. The first-order chi connectivity index (χ1) is 12.3. The molecule has 0 bridgehead atoms. The van der Waals surface area contributed by atoms with Gasteiger partial charge in [-0.2, -0.15) is 4.98 Å². The maximum Gasteiger partial charge on any atom is 0.225 e. The van der Waals surface area contributed by atoms with E-state index in [0.717, 1.165) is 43.5 Å². The van der Waals surface area contributed by atoms with Gasteiger partial charge in [0.05, 0.1) is 6.67 Å². The number of nitrogens with one attached hydrogen (secondary N) is 1. The van der Waals surface area contributed by atoms with Crippen LogP contribution in [0.3, 0.4) is 0 Å². The van der Waals surface area contributed by atoms with Crippen molar-refractivity contribution in [3.8, 4) is 11.4 Å². The van der Waals surface area contributed by atoms with E-state index in [-0.39, 0.29) is 0 Å². The van der Waals surface area contributed by atoms with E-state index in [2.05, 4.69) is 29.9 Å². The van der Waals surface area contributed by atoms with E-state index in [1.807, 2.05) is 41.1 Å². The summed E-state index contributed by atoms with van der Waals surface area (Å²) in [6.45, 7) is 4.37. The molecule has 1 N–H and O–H groups in total. The quantitative estimate of drug-likeness (QED) is 0.725. The highest BCUT2D eigenvalue weighted by atomic mass is 32.1. The van der Waals surface area contributed by atoms with Gasteiger partial charge in [-0.25, -0.2) is 14.6 Å². The Balaban J connectivity index is 1.41. The number of hydrogen-bond donors (Lipinski definition) is 1. The highest BCUT2D eigenvalue weighted by Gasteiger charge is 2.19. The number of aromatic amines is 1. The monoisotopic (exact) mass is 353 g/mol. The minimum Gasteiger partial charge on any atom is -0.338 e. The van der Waals surface area contributed by atoms with E-state index in [4.69, 9.17) is 12.2 Å². The van der Waals surface area contributed by atoms with Crippen molar-refractivity contribution < 1.29 is 0 Å². The van der Waals surface area contributed by atoms with Gasteiger partial charge in [-0.3, -0.25) is 10.00 Å². The first-order valence-corrected chi connectivity index (χ1v) is 8.67. The Morgan fingerprint density at radius 3 is 2.40 bits per heavy atom. The molecule has 1 aromatic carbocycles. The van der Waals surface area contributed by atoms with Gasteiger partial charge in [0.25, 0.3) is 0 Å². The van der Waals surface area contributed by atoms with Crippen molar-refractivity contribution in [3.63, 3.8) is 0 Å². The Morgan fingerprint density at radius 2 is 1.68 bits per heavy atom. The summed E-state index contributed by atoms with van der Waals surface area (Å²) in [5.41, 5.74) is 1.04. The standard InChI is InChI=1S/C17H19N7S/c25-17-20-15(14-5-2-1-3-6-14)21-24(17)13-22-9-11-23(12-10-22)16-18-7-4-8-19-16/h1-8H,9-13H2,(H,20,21,25). The molecule has 3 heterocycles. The number of H-pyrrole nitrogens is 1. The molecule has 0 radical (unpaired) electrons. The third-order valence-electron chi connectivity index (χ3n) is 4.28. The van der Waals surface area contributed by atoms with E-state index in [1.165, 1.54) is 0 Å². The van der Waals surface area contributed by atoms with Gasteiger partial charge in [0.15, 0.2) is 5.82 Å². The zero-order valence-electron chi connectivity index (χ0n) is 13.7. The summed E-state index contributed by atoms with van der Waals surface area (Å²) in [5, 5.41) is 3.31. The third kappa shape index (κ3) is 3.59. The molecule has 0 atom stereocenters. The highest BCUT2D eigenvalue weighted by molar-refractivity contribution is 7.71. The topological polar surface area (TPSA) is 65.9 Å². The first-order valence-electron chi connectivity index (χ1n) is 8.26. The lowest BCUT2D eigenvalue weighted by Crippen LogP contribution is -2.47. The van der Waals surface area contributed by atoms with Crippen molar-refractivity contribution in [3.05, 3.63) is 53.6 Å². The molecule has 0 aliphatic carbocycles. The highest BCUT2D eigenvalue weighted by Crippen LogP contribution is 2.15. The Hall–Kier alpha value is -2.58. The number of rotatable bonds is 4. The van der Waals surface area contributed by atoms with E-state index in [9.17, 15) is 0 Å². The van der Waals surface area contributed by atoms with Crippen LogP contribution in [0, 0.1) is 4.77 Å². The van der Waals surface area contributed by atoms with Crippen molar-refractivity contribution >= 4 is 18.2 Å². The molecule has 8 heteroatoms. The molecule has 0 unspecified atom stereocenters. The number of benzene rings is 1. The third-order valence-corrected chi connectivity index (χ3v) is 4.59. The number of nitrogens with zero attached hydrogens (tertiary/aromatic N) is 6. The van der Waals surface area contributed by atoms with Crippen LogP contribution in [0.1, 0.15) is 0 Å². The summed E-state index contributed by atoms with van der Waals surface area (Å²) in [5.74, 6) is 1.61. The fourth-order valence-corrected chi connectivity index (χ4v) is 3.12. The second-order valence-corrected chi connectivity index (χ2v) is 6.31. The summed E-state index contributed by atoms with van der Waals surface area (Å²) in [6.07, 6.45) is 3.56. The Labute approximate surface area is 151 Å². The molecule has 1 aliphatic rings. The lowest BCUT2D eigenvalue weighted by molar-refractivity contribution is 0.194. The van der Waals surface area contributed by atoms with Crippen LogP contribution < -0.4 is 4.90 Å². The summed E-state index contributed by atoms with van der Waals surface area (Å²) >= 11 is 5.40. The Bertz CT molecular complexity index is 867. The predicted octanol–water partition coefficient (Wildman–Crippen LogP) is 2.18. The largest absolute Gasteiger partial charge is 0.338 e. The average Bonchev–Trinajstić information content (AvgIpc) is 3.04. The van der Waals surface area contributed by atoms with Crippen LogP contribution >= 0.6 is 12.2 Å². The van der Waals surface area contributed by atoms with Gasteiger partial charge in [0.1, 0.15) is 0 Å². The van der Waals surface area contributed by atoms with Gasteiger partial charge >= 0.3 is 0 Å². The van der Waals surface area contributed by atoms with Crippen LogP contribution in [-0.2, 0) is 6.67 Å². The molecular formula is C17H19N7S. The van der Waals surface area contributed by atoms with Crippen LogP contribution in [0.4, 0.5) is 5.95 Å². The van der Waals surface area contributed by atoms with Crippen LogP contribution in [0.15, 0.2) is 48.8 Å². The second kappa shape index (κ2) is 7.12. The van der Waals surface area contributed by atoms with Gasteiger partial charge in [-0.1, -0.05) is 30.3 Å². The SMILES string of the molecule is S=c1nc(-c2ccccc2)[nH]n1CN1CCN(c2ncccn2)CC1. The molecular weight excluding hydrogens is 334 g/mol. The fraction of sp³-hybridized carbons (Fsp3) is 0.294. The van der Waals surface area contributed by atoms with Crippen LogP contribution in [0.2, 0.25) is 0 Å². The molecule has 0 spiro atoms. The van der Waals surface area contributed by atoms with Gasteiger partial charge in [0.2, 0.25) is 10.7 Å². The number of hydrogen-bond acceptors (Lipinski definition) is 6. The molecule has 0 saturated carbocycles. The van der Waals surface area contributed by atoms with Crippen molar-refractivity contribution in [2.75, 3.05) is 31.1 Å². The van der Waals surface area contributed by atoms with Crippen molar-refractivity contribution in [2.24, 2.45) is 0 Å². The lowest BCUT2D eigenvalue weighted by atomic mass is 10.2. The van der Waals surface area contributed by atoms with Crippen LogP contribution in [-0.4, -0.2) is 55.8 Å². The van der Waals surface area contributed by atoms with Crippen LogP contribution in [0.25, 0.3) is 11.4 Å². The molecule has 1 fully saturated rings. The number of piperazine rings is 1. The zero-order valence-corrected chi connectivity index (χ0v) is 14.6. The molecule has 1 saturated heterocycles. The van der Waals surface area contributed by atoms with Gasteiger partial charge < -0.3 is 4.90 Å². The smallest absolute Gasteiger partial charge is 0.225 e. The molecule has 2 aromatic heterocycles. The number of aromatic nitrogens is 5. The Morgan fingerprint density at radius 1 is 0.960 bits per heavy atom. The summed E-state index contributed by atoms with van der Waals surface area (Å²) in [7, 11) is 0. The average molecular weight is 353 g/mol. The Kier molecular flexibility index (Phi) is 4.53. The molecule has 0 amide bonds. The molecule has 3 aromatic rings. The van der Waals surface area contributed by atoms with Crippen molar-refractivity contribution in [1.82, 2.24) is 29.6 Å². The molecule has 25 heavy (non-hydrogen) atoms. The summed E-state index contributed by atoms with van der Waals surface area (Å²) < 4.78 is 2.50. The van der Waals surface area contributed by atoms with Gasteiger partial charge in [-0.15, -0.1) is 0 Å². The molecule has 7 nitrogen and oxygen atoms in total. The van der Waals surface area contributed by atoms with E-state index in [1.54, 1.807) is 12.4 Å². The van der Waals surface area contributed by atoms with Crippen molar-refractivity contribution in [1.29, 1.82) is 0 Å². The minimum atomic E-state index is 0.577.